The quantitative estimate of drug-likeness (QED) is 0.637. The van der Waals surface area contributed by atoms with Crippen LogP contribution in [0.15, 0.2) is 42.7 Å². The highest BCUT2D eigenvalue weighted by Crippen LogP contribution is 2.39. The van der Waals surface area contributed by atoms with Gasteiger partial charge in [0, 0.05) is 40.6 Å². The highest BCUT2D eigenvalue weighted by Gasteiger charge is 2.24. The number of halogens is 1. The van der Waals surface area contributed by atoms with Crippen molar-refractivity contribution in [1.29, 1.82) is 0 Å². The zero-order valence-corrected chi connectivity index (χ0v) is 16.8. The highest BCUT2D eigenvalue weighted by atomic mass is 35.5. The predicted octanol–water partition coefficient (Wildman–Crippen LogP) is 4.59. The lowest BCUT2D eigenvalue weighted by atomic mass is 10.1. The summed E-state index contributed by atoms with van der Waals surface area (Å²) in [6.45, 7) is 1.82. The molecule has 0 spiro atoms. The molecule has 3 aromatic rings. The van der Waals surface area contributed by atoms with E-state index >= 15 is 0 Å². The molecule has 0 radical (unpaired) electrons. The van der Waals surface area contributed by atoms with E-state index in [4.69, 9.17) is 21.1 Å². The summed E-state index contributed by atoms with van der Waals surface area (Å²) < 4.78 is 10.9. The van der Waals surface area contributed by atoms with Gasteiger partial charge in [-0.1, -0.05) is 23.7 Å². The van der Waals surface area contributed by atoms with Crippen molar-refractivity contribution in [3.05, 3.63) is 53.3 Å². The summed E-state index contributed by atoms with van der Waals surface area (Å²) in [5.74, 6) is 3.32. The zero-order chi connectivity index (χ0) is 18.8. The third-order valence-electron chi connectivity index (χ3n) is 4.73. The number of benzene rings is 2. The first kappa shape index (κ1) is 18.2. The standard InChI is InChI=1S/C20H20ClN3O2S/c1-25-17-9-15-16(10-18(17)26-2)22-12-23-20(15)24-7-8-27-19(11-24)13-3-5-14(21)6-4-13/h3-6,9-10,12,19H,7-8,11H2,1-2H3. The highest BCUT2D eigenvalue weighted by molar-refractivity contribution is 7.99. The molecule has 0 saturated carbocycles. The lowest BCUT2D eigenvalue weighted by Gasteiger charge is -2.34. The Bertz CT molecular complexity index is 952. The topological polar surface area (TPSA) is 47.5 Å². The van der Waals surface area contributed by atoms with Crippen LogP contribution in [0.25, 0.3) is 10.9 Å². The Kier molecular flexibility index (Phi) is 5.27. The van der Waals surface area contributed by atoms with Crippen molar-refractivity contribution < 1.29 is 9.47 Å². The van der Waals surface area contributed by atoms with E-state index in [-0.39, 0.29) is 0 Å². The van der Waals surface area contributed by atoms with E-state index in [1.165, 1.54) is 5.56 Å². The van der Waals surface area contributed by atoms with E-state index < -0.39 is 0 Å². The minimum absolute atomic E-state index is 0.376. The monoisotopic (exact) mass is 401 g/mol. The molecule has 1 saturated heterocycles. The molecule has 1 aromatic heterocycles. The normalized spacial score (nSPS) is 17.1. The van der Waals surface area contributed by atoms with E-state index in [1.54, 1.807) is 20.5 Å². The number of rotatable bonds is 4. The number of anilines is 1. The summed E-state index contributed by atoms with van der Waals surface area (Å²) in [6, 6.07) is 12.0. The van der Waals surface area contributed by atoms with Crippen molar-refractivity contribution >= 4 is 40.1 Å². The Morgan fingerprint density at radius 2 is 1.81 bits per heavy atom. The van der Waals surface area contributed by atoms with Crippen LogP contribution < -0.4 is 14.4 Å². The van der Waals surface area contributed by atoms with Crippen LogP contribution in [-0.2, 0) is 0 Å². The molecule has 0 N–H and O–H groups in total. The predicted molar refractivity (Wildman–Crippen MR) is 112 cm³/mol. The van der Waals surface area contributed by atoms with Crippen LogP contribution in [0.5, 0.6) is 11.5 Å². The van der Waals surface area contributed by atoms with Crippen LogP contribution in [0.3, 0.4) is 0 Å². The maximum atomic E-state index is 6.04. The van der Waals surface area contributed by atoms with Crippen LogP contribution in [0.1, 0.15) is 10.8 Å². The average molecular weight is 402 g/mol. The van der Waals surface area contributed by atoms with E-state index in [9.17, 15) is 0 Å². The first-order valence-corrected chi connectivity index (χ1v) is 10.1. The first-order valence-electron chi connectivity index (χ1n) is 8.68. The number of methoxy groups -OCH3 is 2. The van der Waals surface area contributed by atoms with Crippen molar-refractivity contribution in [2.45, 2.75) is 5.25 Å². The summed E-state index contributed by atoms with van der Waals surface area (Å²) in [5, 5.41) is 2.11. The van der Waals surface area contributed by atoms with Crippen molar-refractivity contribution in [2.24, 2.45) is 0 Å². The van der Waals surface area contributed by atoms with Gasteiger partial charge in [-0.25, -0.2) is 9.97 Å². The molecule has 0 amide bonds. The molecule has 27 heavy (non-hydrogen) atoms. The van der Waals surface area contributed by atoms with Gasteiger partial charge >= 0.3 is 0 Å². The zero-order valence-electron chi connectivity index (χ0n) is 15.2. The van der Waals surface area contributed by atoms with Crippen molar-refractivity contribution in [3.8, 4) is 11.5 Å². The molecule has 4 rings (SSSR count). The van der Waals surface area contributed by atoms with Crippen LogP contribution in [0, 0.1) is 0 Å². The van der Waals surface area contributed by atoms with E-state index in [0.717, 1.165) is 40.6 Å². The van der Waals surface area contributed by atoms with E-state index in [0.29, 0.717) is 16.7 Å². The van der Waals surface area contributed by atoms with Crippen LogP contribution in [-0.4, -0.2) is 43.0 Å². The summed E-state index contributed by atoms with van der Waals surface area (Å²) in [5.41, 5.74) is 2.13. The molecule has 7 heteroatoms. The van der Waals surface area contributed by atoms with Gasteiger partial charge < -0.3 is 14.4 Å². The SMILES string of the molecule is COc1cc2ncnc(N3CCSC(c4ccc(Cl)cc4)C3)c2cc1OC. The average Bonchev–Trinajstić information content (AvgIpc) is 2.72. The van der Waals surface area contributed by atoms with Gasteiger partial charge in [0.2, 0.25) is 0 Å². The molecule has 0 bridgehead atoms. The lowest BCUT2D eigenvalue weighted by Crippen LogP contribution is -2.35. The molecular formula is C20H20ClN3O2S. The Balaban J connectivity index is 1.69. The molecular weight excluding hydrogens is 382 g/mol. The van der Waals surface area contributed by atoms with Gasteiger partial charge in [0.05, 0.1) is 19.7 Å². The van der Waals surface area contributed by atoms with Crippen LogP contribution >= 0.6 is 23.4 Å². The third-order valence-corrected chi connectivity index (χ3v) is 6.22. The summed E-state index contributed by atoms with van der Waals surface area (Å²) >= 11 is 8.00. The maximum absolute atomic E-state index is 6.04. The fourth-order valence-corrected chi connectivity index (χ4v) is 4.71. The lowest BCUT2D eigenvalue weighted by molar-refractivity contribution is 0.356. The summed E-state index contributed by atoms with van der Waals surface area (Å²) in [7, 11) is 3.27. The smallest absolute Gasteiger partial charge is 0.162 e. The number of hydrogen-bond donors (Lipinski definition) is 0. The number of fused-ring (bicyclic) bond motifs is 1. The molecule has 1 aliphatic heterocycles. The van der Waals surface area contributed by atoms with Crippen molar-refractivity contribution in [3.63, 3.8) is 0 Å². The van der Waals surface area contributed by atoms with Gasteiger partial charge in [-0.2, -0.15) is 11.8 Å². The molecule has 1 unspecified atom stereocenters. The third kappa shape index (κ3) is 3.64. The fourth-order valence-electron chi connectivity index (χ4n) is 3.34. The summed E-state index contributed by atoms with van der Waals surface area (Å²) in [6.07, 6.45) is 1.61. The Morgan fingerprint density at radius 3 is 2.56 bits per heavy atom. The number of ether oxygens (including phenoxy) is 2. The molecule has 1 atom stereocenters. The molecule has 140 valence electrons. The molecule has 0 aliphatic carbocycles. The Labute approximate surface area is 167 Å². The summed E-state index contributed by atoms with van der Waals surface area (Å²) in [4.78, 5) is 11.3. The van der Waals surface area contributed by atoms with Gasteiger partial charge in [0.25, 0.3) is 0 Å². The van der Waals surface area contributed by atoms with Crippen LogP contribution in [0.2, 0.25) is 5.02 Å². The van der Waals surface area contributed by atoms with Gasteiger partial charge in [-0.15, -0.1) is 0 Å². The van der Waals surface area contributed by atoms with Crippen LogP contribution in [0.4, 0.5) is 5.82 Å². The van der Waals surface area contributed by atoms with Crippen molar-refractivity contribution in [1.82, 2.24) is 9.97 Å². The van der Waals surface area contributed by atoms with Crippen molar-refractivity contribution in [2.75, 3.05) is 38.0 Å². The van der Waals surface area contributed by atoms with Gasteiger partial charge in [-0.05, 0) is 23.8 Å². The van der Waals surface area contributed by atoms with E-state index in [2.05, 4.69) is 27.0 Å². The largest absolute Gasteiger partial charge is 0.493 e. The second-order valence-electron chi connectivity index (χ2n) is 6.28. The number of thioether (sulfide) groups is 1. The number of nitrogens with zero attached hydrogens (tertiary/aromatic N) is 3. The van der Waals surface area contributed by atoms with Gasteiger partial charge in [-0.3, -0.25) is 0 Å². The molecule has 2 aromatic carbocycles. The second-order valence-corrected chi connectivity index (χ2v) is 8.03. The number of aromatic nitrogens is 2. The minimum Gasteiger partial charge on any atom is -0.493 e. The minimum atomic E-state index is 0.376. The maximum Gasteiger partial charge on any atom is 0.162 e. The second kappa shape index (κ2) is 7.82. The molecule has 1 aliphatic rings. The molecule has 1 fully saturated rings. The molecule has 2 heterocycles. The molecule has 5 nitrogen and oxygen atoms in total. The Hall–Kier alpha value is -2.18. The number of hydrogen-bond acceptors (Lipinski definition) is 6. The van der Waals surface area contributed by atoms with Gasteiger partial charge in [0.15, 0.2) is 11.5 Å². The Morgan fingerprint density at radius 1 is 1.07 bits per heavy atom. The fraction of sp³-hybridized carbons (Fsp3) is 0.300. The van der Waals surface area contributed by atoms with Gasteiger partial charge in [0.1, 0.15) is 12.1 Å². The van der Waals surface area contributed by atoms with E-state index in [1.807, 2.05) is 36.0 Å². The first-order chi connectivity index (χ1) is 13.2.